The van der Waals surface area contributed by atoms with Crippen LogP contribution in [0.25, 0.3) is 0 Å². The first-order chi connectivity index (χ1) is 6.24. The van der Waals surface area contributed by atoms with E-state index >= 15 is 0 Å². The van der Waals surface area contributed by atoms with Crippen molar-refractivity contribution in [2.45, 2.75) is 26.2 Å². The van der Waals surface area contributed by atoms with Gasteiger partial charge in [0.2, 0.25) is 0 Å². The fourth-order valence-corrected chi connectivity index (χ4v) is 2.29. The van der Waals surface area contributed by atoms with E-state index in [0.29, 0.717) is 11.8 Å². The number of nitrogens with one attached hydrogen (secondary N) is 1. The number of likely N-dealkylation sites (N-methyl/N-ethyl adjacent to an activating group) is 1. The zero-order chi connectivity index (χ0) is 9.42. The Kier molecular flexibility index (Phi) is 2.12. The standard InChI is InChI=1S/C10H16N2O/c1-6-4-9-10(7(2)12-13-9)8(6)5-11-3/h6,8,11H,4-5H2,1-3H3. The summed E-state index contributed by atoms with van der Waals surface area (Å²) in [5.41, 5.74) is 2.42. The Hall–Kier alpha value is -0.830. The molecule has 0 spiro atoms. The van der Waals surface area contributed by atoms with Crippen molar-refractivity contribution in [3.05, 3.63) is 17.0 Å². The normalized spacial score (nSPS) is 26.4. The smallest absolute Gasteiger partial charge is 0.140 e. The average molecular weight is 180 g/mol. The summed E-state index contributed by atoms with van der Waals surface area (Å²) in [6, 6.07) is 0. The monoisotopic (exact) mass is 180 g/mol. The minimum absolute atomic E-state index is 0.589. The topological polar surface area (TPSA) is 38.1 Å². The van der Waals surface area contributed by atoms with Gasteiger partial charge in [-0.05, 0) is 19.9 Å². The summed E-state index contributed by atoms with van der Waals surface area (Å²) in [5.74, 6) is 2.37. The fraction of sp³-hybridized carbons (Fsp3) is 0.700. The molecule has 1 aliphatic carbocycles. The number of hydrogen-bond acceptors (Lipinski definition) is 3. The van der Waals surface area contributed by atoms with E-state index in [0.717, 1.165) is 24.4 Å². The molecule has 0 aromatic carbocycles. The zero-order valence-corrected chi connectivity index (χ0v) is 8.42. The van der Waals surface area contributed by atoms with Gasteiger partial charge in [0.1, 0.15) is 5.76 Å². The lowest BCUT2D eigenvalue weighted by Crippen LogP contribution is -2.20. The van der Waals surface area contributed by atoms with Crippen molar-refractivity contribution in [2.75, 3.05) is 13.6 Å². The van der Waals surface area contributed by atoms with E-state index in [9.17, 15) is 0 Å². The van der Waals surface area contributed by atoms with Crippen LogP contribution < -0.4 is 5.32 Å². The predicted octanol–water partition coefficient (Wildman–Crippen LogP) is 1.48. The fourth-order valence-electron chi connectivity index (χ4n) is 2.29. The molecule has 2 atom stereocenters. The third-order valence-corrected chi connectivity index (χ3v) is 2.97. The highest BCUT2D eigenvalue weighted by Gasteiger charge is 2.34. The van der Waals surface area contributed by atoms with Gasteiger partial charge in [0.15, 0.2) is 0 Å². The van der Waals surface area contributed by atoms with Crippen LogP contribution in [-0.4, -0.2) is 18.7 Å². The third kappa shape index (κ3) is 1.27. The van der Waals surface area contributed by atoms with Crippen molar-refractivity contribution in [3.8, 4) is 0 Å². The van der Waals surface area contributed by atoms with Gasteiger partial charge in [-0.3, -0.25) is 0 Å². The Morgan fingerprint density at radius 2 is 2.38 bits per heavy atom. The van der Waals surface area contributed by atoms with Gasteiger partial charge < -0.3 is 9.84 Å². The molecular formula is C10H16N2O. The van der Waals surface area contributed by atoms with Crippen LogP contribution in [0.1, 0.15) is 29.9 Å². The Labute approximate surface area is 78.5 Å². The summed E-state index contributed by atoms with van der Waals surface area (Å²) in [7, 11) is 1.99. The molecule has 1 aromatic heterocycles. The molecule has 13 heavy (non-hydrogen) atoms. The number of nitrogens with zero attached hydrogens (tertiary/aromatic N) is 1. The molecule has 0 amide bonds. The molecule has 1 aliphatic rings. The van der Waals surface area contributed by atoms with Crippen LogP contribution in [0.4, 0.5) is 0 Å². The van der Waals surface area contributed by atoms with E-state index in [1.165, 1.54) is 5.56 Å². The van der Waals surface area contributed by atoms with Crippen molar-refractivity contribution in [1.29, 1.82) is 0 Å². The van der Waals surface area contributed by atoms with E-state index in [4.69, 9.17) is 4.52 Å². The molecule has 72 valence electrons. The van der Waals surface area contributed by atoms with E-state index < -0.39 is 0 Å². The molecule has 0 saturated heterocycles. The molecule has 3 nitrogen and oxygen atoms in total. The molecule has 0 saturated carbocycles. The molecule has 0 bridgehead atoms. The van der Waals surface area contributed by atoms with Gasteiger partial charge in [-0.2, -0.15) is 0 Å². The highest BCUT2D eigenvalue weighted by atomic mass is 16.5. The highest BCUT2D eigenvalue weighted by molar-refractivity contribution is 5.32. The van der Waals surface area contributed by atoms with Crippen molar-refractivity contribution < 1.29 is 4.52 Å². The Morgan fingerprint density at radius 1 is 1.62 bits per heavy atom. The molecule has 1 N–H and O–H groups in total. The van der Waals surface area contributed by atoms with Crippen LogP contribution in [0.5, 0.6) is 0 Å². The van der Waals surface area contributed by atoms with Gasteiger partial charge in [0.25, 0.3) is 0 Å². The predicted molar refractivity (Wildman–Crippen MR) is 50.8 cm³/mol. The molecule has 2 unspecified atom stereocenters. The number of aromatic nitrogens is 1. The maximum atomic E-state index is 5.28. The second kappa shape index (κ2) is 3.14. The van der Waals surface area contributed by atoms with Crippen LogP contribution in [-0.2, 0) is 6.42 Å². The number of fused-ring (bicyclic) bond motifs is 1. The molecule has 0 radical (unpaired) electrons. The van der Waals surface area contributed by atoms with E-state index in [-0.39, 0.29) is 0 Å². The summed E-state index contributed by atoms with van der Waals surface area (Å²) in [6.45, 7) is 5.33. The van der Waals surface area contributed by atoms with Crippen LogP contribution in [0.3, 0.4) is 0 Å². The Bertz CT molecular complexity index is 306. The second-order valence-corrected chi connectivity index (χ2v) is 3.95. The maximum Gasteiger partial charge on any atom is 0.140 e. The van der Waals surface area contributed by atoms with E-state index in [1.807, 2.05) is 14.0 Å². The summed E-state index contributed by atoms with van der Waals surface area (Å²) in [4.78, 5) is 0. The summed E-state index contributed by atoms with van der Waals surface area (Å²) < 4.78 is 5.28. The van der Waals surface area contributed by atoms with Gasteiger partial charge in [-0.15, -0.1) is 0 Å². The minimum Gasteiger partial charge on any atom is -0.361 e. The SMILES string of the molecule is CNCC1c2c(C)noc2CC1C. The van der Waals surface area contributed by atoms with E-state index in [1.54, 1.807) is 0 Å². The van der Waals surface area contributed by atoms with Crippen LogP contribution in [0.2, 0.25) is 0 Å². The van der Waals surface area contributed by atoms with Gasteiger partial charge in [-0.25, -0.2) is 0 Å². The first-order valence-corrected chi connectivity index (χ1v) is 4.83. The largest absolute Gasteiger partial charge is 0.361 e. The quantitative estimate of drug-likeness (QED) is 0.749. The molecule has 3 heteroatoms. The summed E-state index contributed by atoms with van der Waals surface area (Å²) in [5, 5.41) is 7.23. The molecule has 0 aliphatic heterocycles. The molecular weight excluding hydrogens is 164 g/mol. The van der Waals surface area contributed by atoms with Crippen molar-refractivity contribution >= 4 is 0 Å². The summed E-state index contributed by atoms with van der Waals surface area (Å²) >= 11 is 0. The minimum atomic E-state index is 0.589. The van der Waals surface area contributed by atoms with Crippen molar-refractivity contribution in [1.82, 2.24) is 10.5 Å². The van der Waals surface area contributed by atoms with Gasteiger partial charge in [-0.1, -0.05) is 12.1 Å². The van der Waals surface area contributed by atoms with Crippen LogP contribution in [0.15, 0.2) is 4.52 Å². The third-order valence-electron chi connectivity index (χ3n) is 2.97. The van der Waals surface area contributed by atoms with E-state index in [2.05, 4.69) is 17.4 Å². The maximum absolute atomic E-state index is 5.28. The molecule has 1 aromatic rings. The van der Waals surface area contributed by atoms with Gasteiger partial charge >= 0.3 is 0 Å². The zero-order valence-electron chi connectivity index (χ0n) is 8.42. The number of aryl methyl sites for hydroxylation is 1. The van der Waals surface area contributed by atoms with Crippen molar-refractivity contribution in [2.24, 2.45) is 5.92 Å². The Balaban J connectivity index is 2.32. The van der Waals surface area contributed by atoms with Crippen LogP contribution >= 0.6 is 0 Å². The molecule has 2 rings (SSSR count). The lowest BCUT2D eigenvalue weighted by Gasteiger charge is -2.15. The van der Waals surface area contributed by atoms with Crippen LogP contribution in [0, 0.1) is 12.8 Å². The molecule has 1 heterocycles. The molecule has 0 fully saturated rings. The van der Waals surface area contributed by atoms with Gasteiger partial charge in [0, 0.05) is 24.4 Å². The highest BCUT2D eigenvalue weighted by Crippen LogP contribution is 2.38. The summed E-state index contributed by atoms with van der Waals surface area (Å²) in [6.07, 6.45) is 1.04. The average Bonchev–Trinajstić information content (AvgIpc) is 2.57. The first kappa shape index (κ1) is 8.75. The number of rotatable bonds is 2. The second-order valence-electron chi connectivity index (χ2n) is 3.95. The Morgan fingerprint density at radius 3 is 3.08 bits per heavy atom. The lowest BCUT2D eigenvalue weighted by molar-refractivity contribution is 0.364. The lowest BCUT2D eigenvalue weighted by atomic mass is 9.93. The number of hydrogen-bond donors (Lipinski definition) is 1. The van der Waals surface area contributed by atoms with Gasteiger partial charge in [0.05, 0.1) is 5.69 Å². The van der Waals surface area contributed by atoms with Crippen molar-refractivity contribution in [3.63, 3.8) is 0 Å². The first-order valence-electron chi connectivity index (χ1n) is 4.83.